The van der Waals surface area contributed by atoms with Gasteiger partial charge in [-0.3, -0.25) is 4.79 Å². The highest BCUT2D eigenvalue weighted by Gasteiger charge is 2.38. The quantitative estimate of drug-likeness (QED) is 0.441. The van der Waals surface area contributed by atoms with Crippen LogP contribution < -0.4 is 15.2 Å². The Kier molecular flexibility index (Phi) is 7.15. The number of allylic oxidation sites excluding steroid dienone is 3. The van der Waals surface area contributed by atoms with E-state index < -0.39 is 5.92 Å². The lowest BCUT2D eigenvalue weighted by Crippen LogP contribution is -2.27. The van der Waals surface area contributed by atoms with E-state index in [2.05, 4.69) is 28.7 Å². The van der Waals surface area contributed by atoms with Crippen LogP contribution in [0.2, 0.25) is 5.02 Å². The number of hydrogen-bond donors (Lipinski definition) is 1. The van der Waals surface area contributed by atoms with Gasteiger partial charge in [0.2, 0.25) is 5.88 Å². The van der Waals surface area contributed by atoms with Gasteiger partial charge in [0.25, 0.3) is 0 Å². The molecule has 6 nitrogen and oxygen atoms in total. The SMILES string of the molecule is CCOc1cc([C@H]2C(C#N)=C(N)OC3=C2C(=O)CCC3)cc(I)c1OCc1ccc(Cl)cc1. The van der Waals surface area contributed by atoms with E-state index in [4.69, 9.17) is 31.5 Å². The van der Waals surface area contributed by atoms with Crippen LogP contribution in [0.5, 0.6) is 11.5 Å². The molecular weight excluding hydrogens is 555 g/mol. The molecule has 0 unspecified atom stereocenters. The third kappa shape index (κ3) is 4.82. The van der Waals surface area contributed by atoms with Gasteiger partial charge < -0.3 is 19.9 Å². The molecule has 1 aliphatic heterocycles. The number of carbonyl (C=O) groups is 1. The molecule has 0 amide bonds. The first kappa shape index (κ1) is 23.5. The Morgan fingerprint density at radius 1 is 1.24 bits per heavy atom. The van der Waals surface area contributed by atoms with Crippen molar-refractivity contribution >= 4 is 40.0 Å². The first-order chi connectivity index (χ1) is 15.9. The fourth-order valence-corrected chi connectivity index (χ4v) is 4.99. The number of halogens is 2. The van der Waals surface area contributed by atoms with Crippen LogP contribution in [0.1, 0.15) is 43.2 Å². The Morgan fingerprint density at radius 3 is 2.70 bits per heavy atom. The summed E-state index contributed by atoms with van der Waals surface area (Å²) in [6.45, 7) is 2.66. The van der Waals surface area contributed by atoms with Crippen molar-refractivity contribution in [3.63, 3.8) is 0 Å². The summed E-state index contributed by atoms with van der Waals surface area (Å²) in [5, 5.41) is 10.5. The molecule has 4 rings (SSSR count). The monoisotopic (exact) mass is 576 g/mol. The van der Waals surface area contributed by atoms with E-state index in [0.29, 0.717) is 60.3 Å². The van der Waals surface area contributed by atoms with E-state index in [1.54, 1.807) is 0 Å². The lowest BCUT2D eigenvalue weighted by atomic mass is 9.77. The van der Waals surface area contributed by atoms with Gasteiger partial charge in [0.1, 0.15) is 24.0 Å². The van der Waals surface area contributed by atoms with Crippen LogP contribution in [0.25, 0.3) is 0 Å². The topological polar surface area (TPSA) is 94.6 Å². The zero-order chi connectivity index (χ0) is 23.5. The second-order valence-electron chi connectivity index (χ2n) is 7.72. The smallest absolute Gasteiger partial charge is 0.205 e. The van der Waals surface area contributed by atoms with Crippen molar-refractivity contribution < 1.29 is 19.0 Å². The molecule has 0 radical (unpaired) electrons. The first-order valence-corrected chi connectivity index (χ1v) is 12.1. The Labute approximate surface area is 211 Å². The molecular formula is C25H22ClIN2O4. The predicted octanol–water partition coefficient (Wildman–Crippen LogP) is 5.74. The van der Waals surface area contributed by atoms with E-state index in [-0.39, 0.29) is 17.2 Å². The number of ketones is 1. The maximum atomic E-state index is 12.8. The molecule has 2 aliphatic rings. The number of nitrogens with two attached hydrogens (primary N) is 1. The number of ether oxygens (including phenoxy) is 3. The van der Waals surface area contributed by atoms with Crippen LogP contribution in [0.4, 0.5) is 0 Å². The van der Waals surface area contributed by atoms with Crippen LogP contribution in [-0.2, 0) is 16.1 Å². The highest BCUT2D eigenvalue weighted by molar-refractivity contribution is 14.1. The molecule has 170 valence electrons. The molecule has 1 aliphatic carbocycles. The third-order valence-electron chi connectivity index (χ3n) is 5.57. The minimum Gasteiger partial charge on any atom is -0.490 e. The van der Waals surface area contributed by atoms with E-state index in [0.717, 1.165) is 14.7 Å². The summed E-state index contributed by atoms with van der Waals surface area (Å²) >= 11 is 8.15. The molecule has 2 aromatic rings. The number of benzene rings is 2. The molecule has 0 aromatic heterocycles. The van der Waals surface area contributed by atoms with Crippen molar-refractivity contribution in [1.29, 1.82) is 5.26 Å². The molecule has 1 atom stereocenters. The first-order valence-electron chi connectivity index (χ1n) is 10.6. The van der Waals surface area contributed by atoms with Crippen LogP contribution in [-0.4, -0.2) is 12.4 Å². The maximum Gasteiger partial charge on any atom is 0.205 e. The zero-order valence-corrected chi connectivity index (χ0v) is 20.9. The van der Waals surface area contributed by atoms with Gasteiger partial charge in [-0.1, -0.05) is 23.7 Å². The highest BCUT2D eigenvalue weighted by Crippen LogP contribution is 2.46. The highest BCUT2D eigenvalue weighted by atomic mass is 127. The maximum absolute atomic E-state index is 12.8. The Morgan fingerprint density at radius 2 is 2.00 bits per heavy atom. The number of nitriles is 1. The van der Waals surface area contributed by atoms with Gasteiger partial charge in [-0.05, 0) is 71.3 Å². The molecule has 8 heteroatoms. The average Bonchev–Trinajstić information content (AvgIpc) is 2.79. The molecule has 0 saturated heterocycles. The molecule has 0 bridgehead atoms. The summed E-state index contributed by atoms with van der Waals surface area (Å²) in [7, 11) is 0. The number of nitrogens with zero attached hydrogens (tertiary/aromatic N) is 1. The van der Waals surface area contributed by atoms with Crippen molar-refractivity contribution in [3.05, 3.63) is 78.9 Å². The Hall–Kier alpha value is -2.70. The lowest BCUT2D eigenvalue weighted by Gasteiger charge is -2.31. The number of hydrogen-bond acceptors (Lipinski definition) is 6. The van der Waals surface area contributed by atoms with E-state index >= 15 is 0 Å². The summed E-state index contributed by atoms with van der Waals surface area (Å²) in [4.78, 5) is 12.8. The van der Waals surface area contributed by atoms with Crippen molar-refractivity contribution in [2.24, 2.45) is 5.73 Å². The Bertz CT molecular complexity index is 1200. The van der Waals surface area contributed by atoms with Crippen molar-refractivity contribution in [2.45, 2.75) is 38.7 Å². The molecule has 2 N–H and O–H groups in total. The minimum atomic E-state index is -0.593. The lowest BCUT2D eigenvalue weighted by molar-refractivity contribution is -0.116. The normalized spacial score (nSPS) is 17.9. The third-order valence-corrected chi connectivity index (χ3v) is 6.62. The van der Waals surface area contributed by atoms with Gasteiger partial charge in [-0.25, -0.2) is 0 Å². The van der Waals surface area contributed by atoms with Crippen LogP contribution >= 0.6 is 34.2 Å². The van der Waals surface area contributed by atoms with Crippen molar-refractivity contribution in [2.75, 3.05) is 6.61 Å². The molecule has 33 heavy (non-hydrogen) atoms. The summed E-state index contributed by atoms with van der Waals surface area (Å²) in [5.41, 5.74) is 8.54. The number of Topliss-reactive ketones (excluding diaryl/α,β-unsaturated/α-hetero) is 1. The van der Waals surface area contributed by atoms with E-state index in [1.165, 1.54) is 0 Å². The Balaban J connectivity index is 1.75. The largest absolute Gasteiger partial charge is 0.490 e. The van der Waals surface area contributed by atoms with E-state index in [1.807, 2.05) is 43.3 Å². The summed E-state index contributed by atoms with van der Waals surface area (Å²) in [6, 6.07) is 13.3. The van der Waals surface area contributed by atoms with Crippen LogP contribution in [0.15, 0.2) is 59.2 Å². The van der Waals surface area contributed by atoms with Crippen molar-refractivity contribution in [3.8, 4) is 17.6 Å². The van der Waals surface area contributed by atoms with Gasteiger partial charge >= 0.3 is 0 Å². The minimum absolute atomic E-state index is 0.0162. The summed E-state index contributed by atoms with van der Waals surface area (Å²) in [5.74, 6) is 1.14. The predicted molar refractivity (Wildman–Crippen MR) is 133 cm³/mol. The molecule has 2 aromatic carbocycles. The second-order valence-corrected chi connectivity index (χ2v) is 9.32. The second kappa shape index (κ2) is 10.1. The number of rotatable bonds is 6. The standard InChI is InChI=1S/C25H22ClIN2O4/c1-2-31-21-11-15(10-18(27)24(21)32-13-14-6-8-16(26)9-7-14)22-17(12-28)25(29)33-20-5-3-4-19(30)23(20)22/h6-11,22H,2-5,13,29H2,1H3/t22-/m0/s1. The number of carbonyl (C=O) groups excluding carboxylic acids is 1. The molecule has 0 saturated carbocycles. The average molecular weight is 577 g/mol. The van der Waals surface area contributed by atoms with Gasteiger partial charge in [0, 0.05) is 23.4 Å². The van der Waals surface area contributed by atoms with Gasteiger partial charge in [-0.2, -0.15) is 5.26 Å². The molecule has 1 heterocycles. The molecule has 0 spiro atoms. The van der Waals surface area contributed by atoms with Gasteiger partial charge in [-0.15, -0.1) is 0 Å². The van der Waals surface area contributed by atoms with Gasteiger partial charge in [0.15, 0.2) is 17.3 Å². The van der Waals surface area contributed by atoms with Crippen LogP contribution in [0, 0.1) is 14.9 Å². The molecule has 0 fully saturated rings. The fraction of sp³-hybridized carbons (Fsp3) is 0.280. The fourth-order valence-electron chi connectivity index (χ4n) is 4.08. The van der Waals surface area contributed by atoms with Crippen molar-refractivity contribution in [1.82, 2.24) is 0 Å². The summed E-state index contributed by atoms with van der Waals surface area (Å²) in [6.07, 6.45) is 1.75. The van der Waals surface area contributed by atoms with E-state index in [9.17, 15) is 10.1 Å². The van der Waals surface area contributed by atoms with Gasteiger partial charge in [0.05, 0.1) is 16.1 Å². The summed E-state index contributed by atoms with van der Waals surface area (Å²) < 4.78 is 18.5. The van der Waals surface area contributed by atoms with Crippen LogP contribution in [0.3, 0.4) is 0 Å². The zero-order valence-electron chi connectivity index (χ0n) is 18.0.